The number of hydrogen-bond acceptors (Lipinski definition) is 12. The molecule has 14 nitrogen and oxygen atoms in total. The predicted octanol–water partition coefficient (Wildman–Crippen LogP) is 10.1. The molecule has 4 rings (SSSR count). The minimum atomic E-state index is -1.11. The third-order valence-electron chi connectivity index (χ3n) is 11.6. The first-order chi connectivity index (χ1) is 29.7. The van der Waals surface area contributed by atoms with Crippen molar-refractivity contribution >= 4 is 39.2 Å². The average Bonchev–Trinajstić information content (AvgIpc) is 3.18. The van der Waals surface area contributed by atoms with Gasteiger partial charge in [0.05, 0.1) is 72.4 Å². The zero-order valence-electron chi connectivity index (χ0n) is 41.8. The monoisotopic (exact) mass is 965 g/mol. The van der Waals surface area contributed by atoms with Gasteiger partial charge in [0, 0.05) is 67.6 Å². The van der Waals surface area contributed by atoms with Gasteiger partial charge in [0.15, 0.2) is 12.2 Å². The van der Waals surface area contributed by atoms with Gasteiger partial charge in [0.25, 0.3) is 0 Å². The van der Waals surface area contributed by atoms with Gasteiger partial charge in [-0.2, -0.15) is 0 Å². The lowest BCUT2D eigenvalue weighted by atomic mass is 9.82. The molecule has 0 aliphatic carbocycles. The van der Waals surface area contributed by atoms with Gasteiger partial charge in [-0.3, -0.25) is 9.97 Å². The van der Waals surface area contributed by atoms with E-state index in [9.17, 15) is 19.8 Å². The molecule has 0 bridgehead atoms. The second-order valence-electron chi connectivity index (χ2n) is 20.4. The molecule has 0 spiro atoms. The van der Waals surface area contributed by atoms with E-state index in [2.05, 4.69) is 53.4 Å². The van der Waals surface area contributed by atoms with Gasteiger partial charge in [-0.25, -0.2) is 9.59 Å². The van der Waals surface area contributed by atoms with Crippen LogP contribution in [0, 0.1) is 31.6 Å². The molecule has 2 atom stereocenters. The number of anilines is 2. The van der Waals surface area contributed by atoms with Crippen LogP contribution in [0.2, 0.25) is 0 Å². The van der Waals surface area contributed by atoms with Crippen LogP contribution in [0.5, 0.6) is 0 Å². The van der Waals surface area contributed by atoms with Crippen molar-refractivity contribution in [1.82, 2.24) is 9.97 Å². The number of aliphatic carboxylic acids is 2. The van der Waals surface area contributed by atoms with Crippen LogP contribution in [0.3, 0.4) is 0 Å². The maximum absolute atomic E-state index is 12.3. The number of carboxylic acid groups (broad SMARTS) is 2. The average molecular weight is 966 g/mol. The van der Waals surface area contributed by atoms with Crippen LogP contribution in [0.1, 0.15) is 160 Å². The number of ether oxygens (including phenoxy) is 6. The number of aromatic nitrogens is 2. The van der Waals surface area contributed by atoms with Crippen LogP contribution in [-0.4, -0.2) is 109 Å². The van der Waals surface area contributed by atoms with Gasteiger partial charge in [-0.1, -0.05) is 27.7 Å². The molecule has 4 heterocycles. The first-order valence-corrected chi connectivity index (χ1v) is 23.8. The molecule has 0 amide bonds. The lowest BCUT2D eigenvalue weighted by molar-refractivity contribution is -0.161. The van der Waals surface area contributed by atoms with E-state index in [0.29, 0.717) is 75.4 Å². The fourth-order valence-electron chi connectivity index (χ4n) is 7.88. The van der Waals surface area contributed by atoms with Gasteiger partial charge in [0.1, 0.15) is 0 Å². The Labute approximate surface area is 392 Å². The number of rotatable bonds is 20. The highest BCUT2D eigenvalue weighted by molar-refractivity contribution is 9.10. The van der Waals surface area contributed by atoms with Gasteiger partial charge in [0.2, 0.25) is 0 Å². The molecule has 0 unspecified atom stereocenters. The summed E-state index contributed by atoms with van der Waals surface area (Å²) in [5.41, 5.74) is 6.26. The Balaban J connectivity index is 0.000000340. The molecular weight excluding hydrogens is 884 g/mol. The summed E-state index contributed by atoms with van der Waals surface area (Å²) in [6.45, 7) is 37.5. The highest BCUT2D eigenvalue weighted by atomic mass is 79.9. The number of pyridine rings is 2. The fourth-order valence-corrected chi connectivity index (χ4v) is 8.55. The maximum Gasteiger partial charge on any atom is 0.337 e. The topological polar surface area (TPSA) is 162 Å². The van der Waals surface area contributed by atoms with Crippen molar-refractivity contribution in [2.75, 3.05) is 75.6 Å². The summed E-state index contributed by atoms with van der Waals surface area (Å²) in [5, 5.41) is 20.2. The summed E-state index contributed by atoms with van der Waals surface area (Å²) in [7, 11) is 0. The molecule has 2 aliphatic rings. The van der Waals surface area contributed by atoms with Crippen molar-refractivity contribution in [3.8, 4) is 0 Å². The Hall–Kier alpha value is -2.92. The molecule has 2 N–H and O–H groups in total. The van der Waals surface area contributed by atoms with Gasteiger partial charge >= 0.3 is 11.9 Å². The minimum Gasteiger partial charge on any atom is -0.479 e. The van der Waals surface area contributed by atoms with Crippen molar-refractivity contribution in [2.24, 2.45) is 10.8 Å². The summed E-state index contributed by atoms with van der Waals surface area (Å²) in [6.07, 6.45) is 1.95. The standard InChI is InChI=1S/C25H42N2O5.C24H39BrN2O5/c1-9-30-14-15-31-16-19-17(2)21(27-12-10-25(7,8)11-13-27)20(18(3)26-19)22(23(28)29)32-24(4,5)6;1-8-30-13-14-31-15-17-19(25)20(27-11-9-24(6,7)10-12-27)18(16(2)26-17)21(22(28)29)32-23(3,4)5/h22H,9-16H2,1-8H3,(H,28,29);21H,8-15H2,1-7H3,(H,28,29)/t22-;21-/m00/s1. The van der Waals surface area contributed by atoms with E-state index in [0.717, 1.165) is 84.7 Å². The predicted molar refractivity (Wildman–Crippen MR) is 256 cm³/mol. The molecule has 2 aromatic heterocycles. The zero-order valence-corrected chi connectivity index (χ0v) is 43.4. The number of carbonyl (C=O) groups is 2. The van der Waals surface area contributed by atoms with Crippen LogP contribution in [-0.2, 0) is 51.2 Å². The van der Waals surface area contributed by atoms with Crippen molar-refractivity contribution in [3.63, 3.8) is 0 Å². The maximum atomic E-state index is 12.3. The van der Waals surface area contributed by atoms with E-state index in [1.165, 1.54) is 0 Å². The Morgan fingerprint density at radius 1 is 0.625 bits per heavy atom. The number of piperidine rings is 2. The van der Waals surface area contributed by atoms with Crippen molar-refractivity contribution < 1.29 is 48.2 Å². The quantitative estimate of drug-likeness (QED) is 0.121. The summed E-state index contributed by atoms with van der Waals surface area (Å²) in [6, 6.07) is 0. The molecule has 0 aromatic carbocycles. The number of aryl methyl sites for hydroxylation is 2. The molecule has 2 aliphatic heterocycles. The van der Waals surface area contributed by atoms with E-state index in [1.54, 1.807) is 0 Å². The van der Waals surface area contributed by atoms with E-state index in [-0.39, 0.29) is 10.8 Å². The molecular formula is C49H81BrN4O10. The number of hydrogen-bond donors (Lipinski definition) is 2. The lowest BCUT2D eigenvalue weighted by Gasteiger charge is -2.41. The molecule has 64 heavy (non-hydrogen) atoms. The molecule has 2 aromatic rings. The van der Waals surface area contributed by atoms with Crippen LogP contribution in [0.25, 0.3) is 0 Å². The Morgan fingerprint density at radius 2 is 0.969 bits per heavy atom. The van der Waals surface area contributed by atoms with Gasteiger partial charge in [-0.15, -0.1) is 0 Å². The SMILES string of the molecule is CCOCCOCc1nc(C)c([C@H](OC(C)(C)C)C(=O)O)c(N2CCC(C)(C)CC2)c1Br.CCOCCOCc1nc(C)c([C@H](OC(C)(C)C)C(=O)O)c(N2CCC(C)(C)CC2)c1C. The van der Waals surface area contributed by atoms with Crippen molar-refractivity contribution in [1.29, 1.82) is 0 Å². The Morgan fingerprint density at radius 3 is 1.34 bits per heavy atom. The van der Waals surface area contributed by atoms with Gasteiger partial charge in [-0.05, 0) is 134 Å². The van der Waals surface area contributed by atoms with E-state index >= 15 is 0 Å². The summed E-state index contributed by atoms with van der Waals surface area (Å²) < 4.78 is 35.1. The first kappa shape index (κ1) is 55.4. The summed E-state index contributed by atoms with van der Waals surface area (Å²) >= 11 is 3.75. The molecule has 2 saturated heterocycles. The number of nitrogens with zero attached hydrogens (tertiary/aromatic N) is 4. The highest BCUT2D eigenvalue weighted by Crippen LogP contribution is 2.44. The number of halogens is 1. The van der Waals surface area contributed by atoms with Crippen LogP contribution in [0.15, 0.2) is 4.47 Å². The van der Waals surface area contributed by atoms with Crippen LogP contribution < -0.4 is 9.80 Å². The largest absolute Gasteiger partial charge is 0.479 e. The molecule has 15 heteroatoms. The molecule has 0 radical (unpaired) electrons. The van der Waals surface area contributed by atoms with Crippen LogP contribution >= 0.6 is 15.9 Å². The zero-order chi connectivity index (χ0) is 48.2. The second-order valence-corrected chi connectivity index (χ2v) is 21.2. The lowest BCUT2D eigenvalue weighted by Crippen LogP contribution is -2.39. The highest BCUT2D eigenvalue weighted by Gasteiger charge is 2.38. The Kier molecular flexibility index (Phi) is 21.0. The van der Waals surface area contributed by atoms with E-state index in [1.807, 2.05) is 76.2 Å². The second kappa shape index (κ2) is 24.2. The van der Waals surface area contributed by atoms with E-state index in [4.69, 9.17) is 38.4 Å². The first-order valence-electron chi connectivity index (χ1n) is 23.0. The van der Waals surface area contributed by atoms with E-state index < -0.39 is 35.3 Å². The number of carboxylic acids is 2. The third-order valence-corrected chi connectivity index (χ3v) is 12.4. The fraction of sp³-hybridized carbons (Fsp3) is 0.755. The normalized spacial score (nSPS) is 17.4. The Bertz CT molecular complexity index is 1690. The summed E-state index contributed by atoms with van der Waals surface area (Å²) in [5.74, 6) is -2.01. The molecule has 0 saturated carbocycles. The summed E-state index contributed by atoms with van der Waals surface area (Å²) in [4.78, 5) is 38.7. The van der Waals surface area contributed by atoms with Crippen molar-refractivity contribution in [2.45, 2.75) is 166 Å². The minimum absolute atomic E-state index is 0.268. The third kappa shape index (κ3) is 16.7. The van der Waals surface area contributed by atoms with Gasteiger partial charge < -0.3 is 48.4 Å². The molecule has 2 fully saturated rings. The van der Waals surface area contributed by atoms with Crippen molar-refractivity contribution in [3.05, 3.63) is 43.9 Å². The smallest absolute Gasteiger partial charge is 0.337 e. The van der Waals surface area contributed by atoms with Crippen LogP contribution in [0.4, 0.5) is 11.4 Å². The molecule has 364 valence electrons.